The minimum atomic E-state index is -0.934. The Morgan fingerprint density at radius 1 is 1.67 bits per heavy atom. The molecule has 1 heterocycles. The van der Waals surface area contributed by atoms with Crippen LogP contribution in [0, 0.1) is 0 Å². The van der Waals surface area contributed by atoms with Crippen molar-refractivity contribution < 1.29 is 14.3 Å². The first-order valence-electron chi connectivity index (χ1n) is 5.06. The van der Waals surface area contributed by atoms with Crippen LogP contribution in [0.1, 0.15) is 36.4 Å². The van der Waals surface area contributed by atoms with Gasteiger partial charge < -0.3 is 9.52 Å². The first-order chi connectivity index (χ1) is 7.06. The Kier molecular flexibility index (Phi) is 3.91. The first kappa shape index (κ1) is 11.8. The van der Waals surface area contributed by atoms with Gasteiger partial charge in [0.05, 0.1) is 12.8 Å². The van der Waals surface area contributed by atoms with Crippen molar-refractivity contribution in [1.82, 2.24) is 4.90 Å². The molecule has 1 atom stereocenters. The zero-order valence-corrected chi connectivity index (χ0v) is 9.36. The van der Waals surface area contributed by atoms with Crippen molar-refractivity contribution in [3.8, 4) is 0 Å². The second kappa shape index (κ2) is 4.98. The molecule has 15 heavy (non-hydrogen) atoms. The van der Waals surface area contributed by atoms with E-state index in [1.54, 1.807) is 0 Å². The quantitative estimate of drug-likeness (QED) is 0.811. The van der Waals surface area contributed by atoms with Crippen LogP contribution in [0.3, 0.4) is 0 Å². The largest absolute Gasteiger partial charge is 0.478 e. The van der Waals surface area contributed by atoms with Crippen LogP contribution < -0.4 is 0 Å². The van der Waals surface area contributed by atoms with Gasteiger partial charge >= 0.3 is 5.97 Å². The Morgan fingerprint density at radius 3 is 2.87 bits per heavy atom. The summed E-state index contributed by atoms with van der Waals surface area (Å²) < 4.78 is 5.17. The molecule has 1 rings (SSSR count). The lowest BCUT2D eigenvalue weighted by atomic mass is 10.2. The molecule has 0 spiro atoms. The van der Waals surface area contributed by atoms with Crippen molar-refractivity contribution in [3.63, 3.8) is 0 Å². The molecule has 0 amide bonds. The minimum absolute atomic E-state index is 0.255. The minimum Gasteiger partial charge on any atom is -0.478 e. The number of furan rings is 1. The number of rotatable bonds is 5. The van der Waals surface area contributed by atoms with Crippen LogP contribution in [0.15, 0.2) is 16.7 Å². The zero-order chi connectivity index (χ0) is 11.4. The van der Waals surface area contributed by atoms with E-state index >= 15 is 0 Å². The van der Waals surface area contributed by atoms with Gasteiger partial charge in [0.1, 0.15) is 11.3 Å². The lowest BCUT2D eigenvalue weighted by molar-refractivity contribution is 0.0692. The highest BCUT2D eigenvalue weighted by Gasteiger charge is 2.16. The van der Waals surface area contributed by atoms with Crippen LogP contribution in [0.4, 0.5) is 0 Å². The second-order valence-electron chi connectivity index (χ2n) is 3.73. The highest BCUT2D eigenvalue weighted by atomic mass is 16.4. The average molecular weight is 211 g/mol. The topological polar surface area (TPSA) is 53.7 Å². The molecule has 1 unspecified atom stereocenters. The maximum absolute atomic E-state index is 10.8. The molecule has 0 aromatic carbocycles. The van der Waals surface area contributed by atoms with Crippen molar-refractivity contribution in [3.05, 3.63) is 23.7 Å². The molecule has 0 aliphatic carbocycles. The third kappa shape index (κ3) is 2.83. The molecule has 1 N–H and O–H groups in total. The number of carboxylic acids is 1. The number of hydrogen-bond donors (Lipinski definition) is 1. The molecule has 4 heteroatoms. The summed E-state index contributed by atoms with van der Waals surface area (Å²) in [6.45, 7) is 4.73. The summed E-state index contributed by atoms with van der Waals surface area (Å²) in [5.41, 5.74) is 0.255. The normalized spacial score (nSPS) is 13.1. The van der Waals surface area contributed by atoms with Gasteiger partial charge in [-0.2, -0.15) is 0 Å². The Balaban J connectivity index is 2.72. The van der Waals surface area contributed by atoms with Crippen LogP contribution in [0.2, 0.25) is 0 Å². The van der Waals surface area contributed by atoms with Crippen molar-refractivity contribution in [2.75, 3.05) is 7.05 Å². The van der Waals surface area contributed by atoms with Crippen LogP contribution in [0.25, 0.3) is 0 Å². The third-order valence-electron chi connectivity index (χ3n) is 2.71. The average Bonchev–Trinajstić information content (AvgIpc) is 2.64. The van der Waals surface area contributed by atoms with E-state index in [0.29, 0.717) is 18.3 Å². The number of nitrogens with zero attached hydrogens (tertiary/aromatic N) is 1. The molecule has 0 fully saturated rings. The highest BCUT2D eigenvalue weighted by molar-refractivity contribution is 5.88. The van der Waals surface area contributed by atoms with Gasteiger partial charge in [-0.1, -0.05) is 6.92 Å². The van der Waals surface area contributed by atoms with E-state index in [1.165, 1.54) is 12.3 Å². The van der Waals surface area contributed by atoms with E-state index in [-0.39, 0.29) is 5.56 Å². The fourth-order valence-electron chi connectivity index (χ4n) is 1.35. The maximum atomic E-state index is 10.8. The lowest BCUT2D eigenvalue weighted by Crippen LogP contribution is -2.28. The summed E-state index contributed by atoms with van der Waals surface area (Å²) in [5, 5.41) is 8.88. The SMILES string of the molecule is CCC(C)N(C)Cc1occc1C(=O)O. The van der Waals surface area contributed by atoms with E-state index < -0.39 is 5.97 Å². The van der Waals surface area contributed by atoms with Gasteiger partial charge in [0.15, 0.2) is 0 Å². The van der Waals surface area contributed by atoms with Gasteiger partial charge in [-0.15, -0.1) is 0 Å². The van der Waals surface area contributed by atoms with Crippen LogP contribution >= 0.6 is 0 Å². The number of carbonyl (C=O) groups is 1. The molecule has 4 nitrogen and oxygen atoms in total. The molecule has 0 aliphatic rings. The summed E-state index contributed by atoms with van der Waals surface area (Å²) in [5.74, 6) is -0.415. The molecule has 0 saturated carbocycles. The van der Waals surface area contributed by atoms with Gasteiger partial charge in [0.2, 0.25) is 0 Å². The molecule has 84 valence electrons. The van der Waals surface area contributed by atoms with Crippen LogP contribution in [-0.2, 0) is 6.54 Å². The van der Waals surface area contributed by atoms with E-state index in [9.17, 15) is 4.79 Å². The fourth-order valence-corrected chi connectivity index (χ4v) is 1.35. The van der Waals surface area contributed by atoms with E-state index in [4.69, 9.17) is 9.52 Å². The molecular weight excluding hydrogens is 194 g/mol. The van der Waals surface area contributed by atoms with Gasteiger partial charge in [0.25, 0.3) is 0 Å². The molecular formula is C11H17NO3. The first-order valence-corrected chi connectivity index (χ1v) is 5.06. The van der Waals surface area contributed by atoms with E-state index in [0.717, 1.165) is 6.42 Å². The monoisotopic (exact) mass is 211 g/mol. The van der Waals surface area contributed by atoms with Crippen LogP contribution in [-0.4, -0.2) is 29.1 Å². The van der Waals surface area contributed by atoms with Crippen molar-refractivity contribution in [1.29, 1.82) is 0 Å². The lowest BCUT2D eigenvalue weighted by Gasteiger charge is -2.22. The van der Waals surface area contributed by atoms with Gasteiger partial charge in [-0.3, -0.25) is 4.90 Å². The molecule has 0 saturated heterocycles. The van der Waals surface area contributed by atoms with E-state index in [2.05, 4.69) is 18.7 Å². The van der Waals surface area contributed by atoms with Gasteiger partial charge in [0, 0.05) is 6.04 Å². The number of aromatic carboxylic acids is 1. The summed E-state index contributed by atoms with van der Waals surface area (Å²) in [6, 6.07) is 1.90. The Morgan fingerprint density at radius 2 is 2.33 bits per heavy atom. The molecule has 0 radical (unpaired) electrons. The maximum Gasteiger partial charge on any atom is 0.339 e. The predicted molar refractivity (Wildman–Crippen MR) is 56.9 cm³/mol. The van der Waals surface area contributed by atoms with Crippen LogP contribution in [0.5, 0.6) is 0 Å². The van der Waals surface area contributed by atoms with Crippen molar-refractivity contribution >= 4 is 5.97 Å². The summed E-state index contributed by atoms with van der Waals surface area (Å²) in [6.07, 6.45) is 2.45. The predicted octanol–water partition coefficient (Wildman–Crippen LogP) is 2.21. The van der Waals surface area contributed by atoms with Crippen molar-refractivity contribution in [2.45, 2.75) is 32.9 Å². The molecule has 1 aromatic rings. The second-order valence-corrected chi connectivity index (χ2v) is 3.73. The molecule has 1 aromatic heterocycles. The van der Waals surface area contributed by atoms with Crippen molar-refractivity contribution in [2.24, 2.45) is 0 Å². The Labute approximate surface area is 89.5 Å². The molecule has 0 bridgehead atoms. The Hall–Kier alpha value is -1.29. The standard InChI is InChI=1S/C11H17NO3/c1-4-8(2)12(3)7-10-9(11(13)14)5-6-15-10/h5-6,8H,4,7H2,1-3H3,(H,13,14). The van der Waals surface area contributed by atoms with E-state index in [1.807, 2.05) is 7.05 Å². The smallest absolute Gasteiger partial charge is 0.339 e. The van der Waals surface area contributed by atoms with Gasteiger partial charge in [-0.05, 0) is 26.5 Å². The zero-order valence-electron chi connectivity index (χ0n) is 9.36. The summed E-state index contributed by atoms with van der Waals surface area (Å²) >= 11 is 0. The summed E-state index contributed by atoms with van der Waals surface area (Å²) in [4.78, 5) is 12.9. The number of hydrogen-bond acceptors (Lipinski definition) is 3. The van der Waals surface area contributed by atoms with Gasteiger partial charge in [-0.25, -0.2) is 4.79 Å². The molecule has 0 aliphatic heterocycles. The Bertz CT molecular complexity index is 332. The number of carboxylic acid groups (broad SMARTS) is 1. The fraction of sp³-hybridized carbons (Fsp3) is 0.545. The summed E-state index contributed by atoms with van der Waals surface area (Å²) in [7, 11) is 1.96. The third-order valence-corrected chi connectivity index (χ3v) is 2.71. The highest BCUT2D eigenvalue weighted by Crippen LogP contribution is 2.14.